The van der Waals surface area contributed by atoms with E-state index in [-0.39, 0.29) is 0 Å². The van der Waals surface area contributed by atoms with Gasteiger partial charge in [0.2, 0.25) is 12.7 Å². The van der Waals surface area contributed by atoms with E-state index in [4.69, 9.17) is 24.2 Å². The largest absolute Gasteiger partial charge is 0.454 e. The topological polar surface area (TPSA) is 75.2 Å². The van der Waals surface area contributed by atoms with E-state index in [0.717, 1.165) is 101 Å². The Hall–Kier alpha value is -2.62. The van der Waals surface area contributed by atoms with Crippen LogP contribution >= 0.6 is 0 Å². The molecule has 4 heterocycles. The van der Waals surface area contributed by atoms with Crippen LogP contribution in [0.5, 0.6) is 11.5 Å². The third kappa shape index (κ3) is 5.23. The monoisotopic (exact) mass is 440 g/mol. The number of aryl methyl sites for hydroxylation is 1. The molecule has 1 aromatic heterocycles. The van der Waals surface area contributed by atoms with E-state index in [1.54, 1.807) is 0 Å². The summed E-state index contributed by atoms with van der Waals surface area (Å²) in [6.07, 6.45) is 0. The van der Waals surface area contributed by atoms with Crippen LogP contribution in [-0.2, 0) is 11.3 Å². The molecule has 3 aliphatic rings. The third-order valence-corrected chi connectivity index (χ3v) is 6.18. The Kier molecular flexibility index (Phi) is 6.56. The number of nitrogens with zero attached hydrogens (tertiary/aromatic N) is 5. The van der Waals surface area contributed by atoms with Crippen LogP contribution in [0.25, 0.3) is 0 Å². The van der Waals surface area contributed by atoms with Gasteiger partial charge in [-0.3, -0.25) is 9.80 Å². The average Bonchev–Trinajstić information content (AvgIpc) is 3.28. The number of morpholine rings is 1. The first-order valence-electron chi connectivity index (χ1n) is 11.5. The summed E-state index contributed by atoms with van der Waals surface area (Å²) < 4.78 is 16.3. The molecule has 5 rings (SSSR count). The molecular formula is C23H32N6O3. The first-order valence-corrected chi connectivity index (χ1v) is 11.5. The molecule has 0 amide bonds. The number of piperazine rings is 1. The van der Waals surface area contributed by atoms with Gasteiger partial charge >= 0.3 is 0 Å². The second kappa shape index (κ2) is 9.89. The molecule has 9 nitrogen and oxygen atoms in total. The molecule has 2 fully saturated rings. The van der Waals surface area contributed by atoms with Gasteiger partial charge in [0.25, 0.3) is 0 Å². The maximum atomic E-state index is 5.51. The molecule has 2 aromatic rings. The van der Waals surface area contributed by atoms with E-state index in [1.165, 1.54) is 5.56 Å². The van der Waals surface area contributed by atoms with Crippen molar-refractivity contribution in [2.24, 2.45) is 0 Å². The Balaban J connectivity index is 1.13. The number of fused-ring (bicyclic) bond motifs is 1. The number of rotatable bonds is 7. The van der Waals surface area contributed by atoms with Gasteiger partial charge in [0.05, 0.1) is 13.2 Å². The summed E-state index contributed by atoms with van der Waals surface area (Å²) >= 11 is 0. The maximum absolute atomic E-state index is 5.51. The van der Waals surface area contributed by atoms with Crippen LogP contribution in [0.1, 0.15) is 11.3 Å². The van der Waals surface area contributed by atoms with Crippen LogP contribution < -0.4 is 19.7 Å². The smallest absolute Gasteiger partial charge is 0.231 e. The Bertz CT molecular complexity index is 913. The molecule has 32 heavy (non-hydrogen) atoms. The standard InChI is InChI=1S/C23H32N6O3/c1-18-14-22(24-4-5-27-10-12-30-13-11-27)26-23(25-18)29-8-6-28(7-9-29)16-19-2-3-20-21(15-19)32-17-31-20/h2-3,14-15H,4-13,16-17H2,1H3,(H,24,25,26). The van der Waals surface area contributed by atoms with Crippen LogP contribution in [0.4, 0.5) is 11.8 Å². The molecule has 3 aliphatic heterocycles. The lowest BCUT2D eigenvalue weighted by atomic mass is 10.1. The molecule has 0 bridgehead atoms. The summed E-state index contributed by atoms with van der Waals surface area (Å²) in [6.45, 7) is 12.6. The van der Waals surface area contributed by atoms with Gasteiger partial charge in [-0.05, 0) is 24.6 Å². The zero-order valence-electron chi connectivity index (χ0n) is 18.8. The third-order valence-electron chi connectivity index (χ3n) is 6.18. The molecule has 0 saturated carbocycles. The van der Waals surface area contributed by atoms with E-state index in [1.807, 2.05) is 19.1 Å². The Morgan fingerprint density at radius 1 is 0.906 bits per heavy atom. The van der Waals surface area contributed by atoms with Gasteiger partial charge in [-0.2, -0.15) is 4.98 Å². The molecule has 0 aliphatic carbocycles. The lowest BCUT2D eigenvalue weighted by molar-refractivity contribution is 0.0398. The Labute approximate surface area is 189 Å². The van der Waals surface area contributed by atoms with Crippen molar-refractivity contribution >= 4 is 11.8 Å². The number of benzene rings is 1. The van der Waals surface area contributed by atoms with Gasteiger partial charge in [-0.25, -0.2) is 4.98 Å². The van der Waals surface area contributed by atoms with Crippen LogP contribution in [-0.4, -0.2) is 92.1 Å². The minimum atomic E-state index is 0.317. The Morgan fingerprint density at radius 3 is 2.56 bits per heavy atom. The van der Waals surface area contributed by atoms with Crippen molar-refractivity contribution in [2.45, 2.75) is 13.5 Å². The van der Waals surface area contributed by atoms with Crippen molar-refractivity contribution in [3.05, 3.63) is 35.5 Å². The SMILES string of the molecule is Cc1cc(NCCN2CCOCC2)nc(N2CCN(Cc3ccc4c(c3)OCO4)CC2)n1. The van der Waals surface area contributed by atoms with E-state index < -0.39 is 0 Å². The second-order valence-corrected chi connectivity index (χ2v) is 8.53. The predicted octanol–water partition coefficient (Wildman–Crippen LogP) is 1.58. The van der Waals surface area contributed by atoms with Crippen LogP contribution in [0.3, 0.4) is 0 Å². The fourth-order valence-electron chi connectivity index (χ4n) is 4.36. The highest BCUT2D eigenvalue weighted by atomic mass is 16.7. The summed E-state index contributed by atoms with van der Waals surface area (Å²) in [5.74, 6) is 3.41. The minimum absolute atomic E-state index is 0.317. The number of ether oxygens (including phenoxy) is 3. The van der Waals surface area contributed by atoms with Crippen molar-refractivity contribution in [3.63, 3.8) is 0 Å². The van der Waals surface area contributed by atoms with E-state index in [0.29, 0.717) is 6.79 Å². The highest BCUT2D eigenvalue weighted by Gasteiger charge is 2.21. The number of nitrogens with one attached hydrogen (secondary N) is 1. The number of aromatic nitrogens is 2. The van der Waals surface area contributed by atoms with Crippen molar-refractivity contribution in [2.75, 3.05) is 82.6 Å². The van der Waals surface area contributed by atoms with Crippen molar-refractivity contribution in [1.82, 2.24) is 19.8 Å². The summed E-state index contributed by atoms with van der Waals surface area (Å²) in [4.78, 5) is 16.7. The normalized spacial score (nSPS) is 19.3. The zero-order valence-corrected chi connectivity index (χ0v) is 18.8. The van der Waals surface area contributed by atoms with Crippen molar-refractivity contribution < 1.29 is 14.2 Å². The fraction of sp³-hybridized carbons (Fsp3) is 0.565. The van der Waals surface area contributed by atoms with Gasteiger partial charge in [0, 0.05) is 70.7 Å². The van der Waals surface area contributed by atoms with E-state index in [2.05, 4.69) is 32.1 Å². The second-order valence-electron chi connectivity index (χ2n) is 8.53. The van der Waals surface area contributed by atoms with Gasteiger partial charge in [0.1, 0.15) is 5.82 Å². The van der Waals surface area contributed by atoms with Crippen LogP contribution in [0, 0.1) is 6.92 Å². The molecule has 1 aromatic carbocycles. The molecule has 9 heteroatoms. The zero-order chi connectivity index (χ0) is 21.8. The van der Waals surface area contributed by atoms with Gasteiger partial charge in [0.15, 0.2) is 11.5 Å². The quantitative estimate of drug-likeness (QED) is 0.691. The molecule has 172 valence electrons. The molecule has 0 unspecified atom stereocenters. The van der Waals surface area contributed by atoms with Crippen LogP contribution in [0.2, 0.25) is 0 Å². The summed E-state index contributed by atoms with van der Waals surface area (Å²) in [6, 6.07) is 8.24. The highest BCUT2D eigenvalue weighted by molar-refractivity contribution is 5.45. The molecule has 0 spiro atoms. The predicted molar refractivity (Wildman–Crippen MR) is 123 cm³/mol. The number of hydrogen-bond donors (Lipinski definition) is 1. The molecule has 0 atom stereocenters. The first kappa shape index (κ1) is 21.2. The summed E-state index contributed by atoms with van der Waals surface area (Å²) in [5.41, 5.74) is 2.24. The Morgan fingerprint density at radius 2 is 1.72 bits per heavy atom. The van der Waals surface area contributed by atoms with Gasteiger partial charge in [-0.15, -0.1) is 0 Å². The van der Waals surface area contributed by atoms with Crippen molar-refractivity contribution in [1.29, 1.82) is 0 Å². The molecule has 2 saturated heterocycles. The highest BCUT2D eigenvalue weighted by Crippen LogP contribution is 2.33. The lowest BCUT2D eigenvalue weighted by Crippen LogP contribution is -2.46. The van der Waals surface area contributed by atoms with Crippen molar-refractivity contribution in [3.8, 4) is 11.5 Å². The lowest BCUT2D eigenvalue weighted by Gasteiger charge is -2.35. The first-order chi connectivity index (χ1) is 15.7. The van der Waals surface area contributed by atoms with Gasteiger partial charge in [-0.1, -0.05) is 6.07 Å². The molecular weight excluding hydrogens is 408 g/mol. The maximum Gasteiger partial charge on any atom is 0.231 e. The fourth-order valence-corrected chi connectivity index (χ4v) is 4.36. The number of anilines is 2. The molecule has 1 N–H and O–H groups in total. The minimum Gasteiger partial charge on any atom is -0.454 e. The molecule has 0 radical (unpaired) electrons. The average molecular weight is 441 g/mol. The van der Waals surface area contributed by atoms with E-state index in [9.17, 15) is 0 Å². The summed E-state index contributed by atoms with van der Waals surface area (Å²) in [7, 11) is 0. The van der Waals surface area contributed by atoms with Gasteiger partial charge < -0.3 is 24.4 Å². The summed E-state index contributed by atoms with van der Waals surface area (Å²) in [5, 5.41) is 3.48. The number of hydrogen-bond acceptors (Lipinski definition) is 9. The van der Waals surface area contributed by atoms with E-state index >= 15 is 0 Å². The van der Waals surface area contributed by atoms with Crippen LogP contribution in [0.15, 0.2) is 24.3 Å².